The van der Waals surface area contributed by atoms with Crippen molar-refractivity contribution in [1.82, 2.24) is 0 Å². The molecule has 0 saturated heterocycles. The zero-order valence-corrected chi connectivity index (χ0v) is 9.60. The van der Waals surface area contributed by atoms with Gasteiger partial charge in [-0.3, -0.25) is 0 Å². The maximum absolute atomic E-state index is 12.4. The quantitative estimate of drug-likeness (QED) is 0.688. The van der Waals surface area contributed by atoms with Gasteiger partial charge < -0.3 is 15.2 Å². The van der Waals surface area contributed by atoms with Crippen LogP contribution in [-0.2, 0) is 9.47 Å². The number of rotatable bonds is 7. The Morgan fingerprint density at radius 3 is 2.07 bits per heavy atom. The topological polar surface area (TPSA) is 44.5 Å². The van der Waals surface area contributed by atoms with E-state index in [4.69, 9.17) is 15.2 Å². The van der Waals surface area contributed by atoms with Crippen molar-refractivity contribution < 1.29 is 13.9 Å². The van der Waals surface area contributed by atoms with E-state index >= 15 is 0 Å². The molecule has 4 heteroatoms. The van der Waals surface area contributed by atoms with E-state index in [0.717, 1.165) is 0 Å². The smallest absolute Gasteiger partial charge is 0.118 e. The Kier molecular flexibility index (Phi) is 5.56. The molecular formula is C10H22FNO2. The van der Waals surface area contributed by atoms with Gasteiger partial charge in [-0.2, -0.15) is 0 Å². The third kappa shape index (κ3) is 6.29. The van der Waals surface area contributed by atoms with Gasteiger partial charge in [0.1, 0.15) is 6.67 Å². The summed E-state index contributed by atoms with van der Waals surface area (Å²) in [7, 11) is 0. The first-order valence-electron chi connectivity index (χ1n) is 4.87. The summed E-state index contributed by atoms with van der Waals surface area (Å²) in [5, 5.41) is 0. The Balaban J connectivity index is 3.85. The lowest BCUT2D eigenvalue weighted by molar-refractivity contribution is -0.123. The van der Waals surface area contributed by atoms with Crippen LogP contribution in [0.5, 0.6) is 0 Å². The second-order valence-corrected chi connectivity index (χ2v) is 4.58. The molecule has 86 valence electrons. The zero-order valence-electron chi connectivity index (χ0n) is 9.60. The van der Waals surface area contributed by atoms with Gasteiger partial charge in [-0.25, -0.2) is 4.39 Å². The van der Waals surface area contributed by atoms with Crippen LogP contribution in [0.4, 0.5) is 4.39 Å². The molecule has 0 rings (SSSR count). The van der Waals surface area contributed by atoms with Gasteiger partial charge in [0, 0.05) is 6.54 Å². The fourth-order valence-corrected chi connectivity index (χ4v) is 0.785. The lowest BCUT2D eigenvalue weighted by atomic mass is 10.1. The lowest BCUT2D eigenvalue weighted by Crippen LogP contribution is -2.38. The molecule has 0 amide bonds. The molecule has 0 aromatic carbocycles. The number of ether oxygens (including phenoxy) is 2. The summed E-state index contributed by atoms with van der Waals surface area (Å²) in [6, 6.07) is 0. The van der Waals surface area contributed by atoms with Crippen LogP contribution in [0.15, 0.2) is 0 Å². The maximum atomic E-state index is 12.4. The van der Waals surface area contributed by atoms with Gasteiger partial charge in [-0.15, -0.1) is 0 Å². The highest BCUT2D eigenvalue weighted by atomic mass is 19.1. The summed E-state index contributed by atoms with van der Waals surface area (Å²) in [6.07, 6.45) is 0. The predicted octanol–water partition coefficient (Wildman–Crippen LogP) is 1.50. The van der Waals surface area contributed by atoms with Crippen LogP contribution in [0, 0.1) is 0 Å². The van der Waals surface area contributed by atoms with E-state index in [1.54, 1.807) is 13.8 Å². The van der Waals surface area contributed by atoms with Crippen molar-refractivity contribution in [3.63, 3.8) is 0 Å². The maximum Gasteiger partial charge on any atom is 0.118 e. The molecule has 14 heavy (non-hydrogen) atoms. The van der Waals surface area contributed by atoms with Crippen LogP contribution in [-0.4, -0.2) is 37.6 Å². The lowest BCUT2D eigenvalue weighted by Gasteiger charge is -2.30. The Bertz CT molecular complexity index is 160. The SMILES string of the molecule is CC(C)(CF)OCC(C)(C)OCCN. The van der Waals surface area contributed by atoms with Gasteiger partial charge in [0.15, 0.2) is 0 Å². The van der Waals surface area contributed by atoms with Gasteiger partial charge in [0.2, 0.25) is 0 Å². The summed E-state index contributed by atoms with van der Waals surface area (Å²) < 4.78 is 23.3. The van der Waals surface area contributed by atoms with Crippen LogP contribution in [0.25, 0.3) is 0 Å². The largest absolute Gasteiger partial charge is 0.372 e. The van der Waals surface area contributed by atoms with Crippen molar-refractivity contribution in [1.29, 1.82) is 0 Å². The molecule has 0 aromatic heterocycles. The minimum atomic E-state index is -0.733. The molecule has 0 aromatic rings. The molecule has 0 atom stereocenters. The first-order chi connectivity index (χ1) is 6.33. The predicted molar refractivity (Wildman–Crippen MR) is 55.1 cm³/mol. The Hall–Kier alpha value is -0.190. The second kappa shape index (κ2) is 5.63. The molecule has 0 aliphatic carbocycles. The highest BCUT2D eigenvalue weighted by Crippen LogP contribution is 2.16. The van der Waals surface area contributed by atoms with Gasteiger partial charge in [0.25, 0.3) is 0 Å². The first-order valence-corrected chi connectivity index (χ1v) is 4.87. The van der Waals surface area contributed by atoms with Crippen LogP contribution in [0.2, 0.25) is 0 Å². The van der Waals surface area contributed by atoms with Crippen molar-refractivity contribution in [3.05, 3.63) is 0 Å². The van der Waals surface area contributed by atoms with E-state index in [-0.39, 0.29) is 0 Å². The molecule has 0 aliphatic rings. The molecule has 0 saturated carbocycles. The number of alkyl halides is 1. The standard InChI is InChI=1S/C10H22FNO2/c1-9(2,7-11)14-8-10(3,4)13-6-5-12/h5-8,12H2,1-4H3. The van der Waals surface area contributed by atoms with Gasteiger partial charge in [-0.1, -0.05) is 0 Å². The van der Waals surface area contributed by atoms with Gasteiger partial charge in [0.05, 0.1) is 24.4 Å². The molecule has 0 radical (unpaired) electrons. The third-order valence-electron chi connectivity index (χ3n) is 1.74. The van der Waals surface area contributed by atoms with E-state index in [0.29, 0.717) is 19.8 Å². The summed E-state index contributed by atoms with van der Waals surface area (Å²) in [5.41, 5.74) is 4.17. The summed E-state index contributed by atoms with van der Waals surface area (Å²) in [6.45, 7) is 8.07. The third-order valence-corrected chi connectivity index (χ3v) is 1.74. The Morgan fingerprint density at radius 2 is 1.64 bits per heavy atom. The van der Waals surface area contributed by atoms with Crippen LogP contribution in [0.3, 0.4) is 0 Å². The fraction of sp³-hybridized carbons (Fsp3) is 1.00. The number of hydrogen-bond donors (Lipinski definition) is 1. The monoisotopic (exact) mass is 207 g/mol. The average Bonchev–Trinajstić information content (AvgIpc) is 2.12. The number of nitrogens with two attached hydrogens (primary N) is 1. The minimum Gasteiger partial charge on any atom is -0.372 e. The zero-order chi connectivity index (χ0) is 11.2. The van der Waals surface area contributed by atoms with E-state index < -0.39 is 17.9 Å². The highest BCUT2D eigenvalue weighted by Gasteiger charge is 2.25. The van der Waals surface area contributed by atoms with Gasteiger partial charge >= 0.3 is 0 Å². The van der Waals surface area contributed by atoms with E-state index in [2.05, 4.69) is 0 Å². The highest BCUT2D eigenvalue weighted by molar-refractivity contribution is 4.73. The molecular weight excluding hydrogens is 185 g/mol. The fourth-order valence-electron chi connectivity index (χ4n) is 0.785. The Morgan fingerprint density at radius 1 is 1.07 bits per heavy atom. The van der Waals surface area contributed by atoms with E-state index in [1.807, 2.05) is 13.8 Å². The summed E-state index contributed by atoms with van der Waals surface area (Å²) in [5.74, 6) is 0. The summed E-state index contributed by atoms with van der Waals surface area (Å²) in [4.78, 5) is 0. The van der Waals surface area contributed by atoms with Crippen LogP contribution >= 0.6 is 0 Å². The Labute approximate surface area is 85.8 Å². The average molecular weight is 207 g/mol. The second-order valence-electron chi connectivity index (χ2n) is 4.58. The van der Waals surface area contributed by atoms with Crippen molar-refractivity contribution in [2.75, 3.05) is 26.4 Å². The van der Waals surface area contributed by atoms with Crippen molar-refractivity contribution in [2.24, 2.45) is 5.73 Å². The molecule has 0 bridgehead atoms. The molecule has 0 spiro atoms. The number of hydrogen-bond acceptors (Lipinski definition) is 3. The van der Waals surface area contributed by atoms with Crippen molar-refractivity contribution in [3.8, 4) is 0 Å². The van der Waals surface area contributed by atoms with Crippen molar-refractivity contribution in [2.45, 2.75) is 38.9 Å². The van der Waals surface area contributed by atoms with E-state index in [1.165, 1.54) is 0 Å². The summed E-state index contributed by atoms with van der Waals surface area (Å²) >= 11 is 0. The molecule has 0 heterocycles. The first kappa shape index (κ1) is 13.8. The molecule has 3 nitrogen and oxygen atoms in total. The van der Waals surface area contributed by atoms with Crippen LogP contribution in [0.1, 0.15) is 27.7 Å². The minimum absolute atomic E-state index is 0.365. The molecule has 2 N–H and O–H groups in total. The molecule has 0 fully saturated rings. The molecule has 0 unspecified atom stereocenters. The number of halogens is 1. The van der Waals surface area contributed by atoms with Crippen molar-refractivity contribution >= 4 is 0 Å². The van der Waals surface area contributed by atoms with Gasteiger partial charge in [-0.05, 0) is 27.7 Å². The van der Waals surface area contributed by atoms with E-state index in [9.17, 15) is 4.39 Å². The molecule has 0 aliphatic heterocycles. The normalized spacial score (nSPS) is 13.3. The van der Waals surface area contributed by atoms with Crippen LogP contribution < -0.4 is 5.73 Å².